The molecule has 0 radical (unpaired) electrons. The fraction of sp³-hybridized carbons (Fsp3) is 0.640. The number of carbonyl (C=O) groups is 3. The molecule has 2 bridgehead atoms. The highest BCUT2D eigenvalue weighted by Crippen LogP contribution is 2.67. The molecule has 3 amide bonds. The molecule has 3 N–H and O–H groups in total. The zero-order chi connectivity index (χ0) is 24.5. The maximum Gasteiger partial charge on any atom is 0.244 e. The van der Waals surface area contributed by atoms with Gasteiger partial charge in [-0.15, -0.1) is 11.8 Å². The van der Waals surface area contributed by atoms with Crippen molar-refractivity contribution in [2.45, 2.75) is 65.9 Å². The molecule has 3 unspecified atom stereocenters. The van der Waals surface area contributed by atoms with E-state index >= 15 is 0 Å². The van der Waals surface area contributed by atoms with Crippen molar-refractivity contribution < 1.29 is 19.5 Å². The quantitative estimate of drug-likeness (QED) is 0.305. The lowest BCUT2D eigenvalue weighted by atomic mass is 9.70. The van der Waals surface area contributed by atoms with Gasteiger partial charge in [-0.1, -0.05) is 66.0 Å². The van der Waals surface area contributed by atoms with Gasteiger partial charge >= 0.3 is 0 Å². The van der Waals surface area contributed by atoms with Crippen LogP contribution in [0.4, 0.5) is 0 Å². The first-order valence-corrected chi connectivity index (χ1v) is 14.0. The molecule has 3 aliphatic heterocycles. The number of hydrogen-bond donors (Lipinski definition) is 3. The predicted molar refractivity (Wildman–Crippen MR) is 137 cm³/mol. The Morgan fingerprint density at radius 1 is 1.26 bits per heavy atom. The smallest absolute Gasteiger partial charge is 0.244 e. The second kappa shape index (κ2) is 10.6. The van der Waals surface area contributed by atoms with E-state index in [1.165, 1.54) is 0 Å². The van der Waals surface area contributed by atoms with E-state index in [1.807, 2.05) is 30.3 Å². The van der Waals surface area contributed by atoms with Crippen molar-refractivity contribution in [2.24, 2.45) is 11.8 Å². The van der Waals surface area contributed by atoms with Crippen molar-refractivity contribution in [3.63, 3.8) is 0 Å². The number of alkyl halides is 1. The molecule has 7 nitrogen and oxygen atoms in total. The van der Waals surface area contributed by atoms with Crippen LogP contribution in [0.3, 0.4) is 0 Å². The van der Waals surface area contributed by atoms with Crippen LogP contribution in [0, 0.1) is 11.8 Å². The van der Waals surface area contributed by atoms with Crippen LogP contribution >= 0.6 is 27.7 Å². The number of hydrogen-bond acceptors (Lipinski definition) is 5. The average molecular weight is 553 g/mol. The van der Waals surface area contributed by atoms with Gasteiger partial charge in [0.25, 0.3) is 0 Å². The standard InChI is InChI=1S/C25H34BrN3O4S/c1-3-4-8-11-28-23(32)21-25-13-17(26)20(34-25)18(22(31)27-2)19(25)24(33)29(21)16(14-30)12-15-9-6-5-7-10-15/h5-7,9-10,16-21,30H,3-4,8,11-14H2,1-2H3,(H,27,31)(H,28,32)/t16-,17?,18+,19+,20+,21?,25?/m1/s1. The predicted octanol–water partition coefficient (Wildman–Crippen LogP) is 2.11. The molecule has 0 aliphatic carbocycles. The zero-order valence-corrected chi connectivity index (χ0v) is 22.1. The average Bonchev–Trinajstić information content (AvgIpc) is 3.43. The minimum Gasteiger partial charge on any atom is -0.394 e. The van der Waals surface area contributed by atoms with Gasteiger partial charge in [-0.3, -0.25) is 14.4 Å². The third-order valence-electron chi connectivity index (χ3n) is 7.52. The van der Waals surface area contributed by atoms with Crippen molar-refractivity contribution in [1.29, 1.82) is 0 Å². The first kappa shape index (κ1) is 25.5. The van der Waals surface area contributed by atoms with Crippen molar-refractivity contribution in [2.75, 3.05) is 20.2 Å². The van der Waals surface area contributed by atoms with Crippen LogP contribution < -0.4 is 10.6 Å². The number of benzene rings is 1. The summed E-state index contributed by atoms with van der Waals surface area (Å²) in [4.78, 5) is 42.3. The highest BCUT2D eigenvalue weighted by Gasteiger charge is 2.76. The first-order valence-electron chi connectivity index (χ1n) is 12.2. The SMILES string of the molecule is CCCCCNC(=O)C1N([C@@H](CO)Cc2ccccc2)C(=O)[C@@H]2[C@H](C(=O)NC)[C@H]3SC12CC3Br. The van der Waals surface area contributed by atoms with Gasteiger partial charge in [0.05, 0.1) is 29.2 Å². The molecule has 1 aromatic carbocycles. The van der Waals surface area contributed by atoms with Gasteiger partial charge in [0, 0.05) is 23.7 Å². The molecule has 3 saturated heterocycles. The summed E-state index contributed by atoms with van der Waals surface area (Å²) in [6, 6.07) is 8.44. The number of nitrogens with one attached hydrogen (secondary N) is 2. The molecule has 1 spiro atoms. The van der Waals surface area contributed by atoms with E-state index in [9.17, 15) is 19.5 Å². The number of amides is 3. The Labute approximate surface area is 213 Å². The van der Waals surface area contributed by atoms with E-state index in [0.717, 1.165) is 24.8 Å². The van der Waals surface area contributed by atoms with E-state index in [-0.39, 0.29) is 34.4 Å². The first-order chi connectivity index (χ1) is 16.4. The second-order valence-electron chi connectivity index (χ2n) is 9.55. The lowest BCUT2D eigenvalue weighted by Gasteiger charge is -2.37. The van der Waals surface area contributed by atoms with Crippen LogP contribution in [0.15, 0.2) is 30.3 Å². The van der Waals surface area contributed by atoms with Gasteiger partial charge in [-0.2, -0.15) is 0 Å². The number of aliphatic hydroxyl groups excluding tert-OH is 1. The molecule has 0 aromatic heterocycles. The van der Waals surface area contributed by atoms with Crippen molar-refractivity contribution in [1.82, 2.24) is 15.5 Å². The van der Waals surface area contributed by atoms with E-state index < -0.39 is 28.7 Å². The molecule has 3 fully saturated rings. The third-order valence-corrected chi connectivity index (χ3v) is 10.7. The lowest BCUT2D eigenvalue weighted by molar-refractivity contribution is -0.142. The molecule has 9 heteroatoms. The van der Waals surface area contributed by atoms with E-state index in [4.69, 9.17) is 0 Å². The summed E-state index contributed by atoms with van der Waals surface area (Å²) in [7, 11) is 1.59. The van der Waals surface area contributed by atoms with E-state index in [0.29, 0.717) is 19.4 Å². The summed E-state index contributed by atoms with van der Waals surface area (Å²) in [5.41, 5.74) is 0.990. The fourth-order valence-corrected chi connectivity index (χ4v) is 9.65. The van der Waals surface area contributed by atoms with E-state index in [2.05, 4.69) is 33.5 Å². The van der Waals surface area contributed by atoms with Crippen LogP contribution in [-0.2, 0) is 20.8 Å². The maximum atomic E-state index is 14.0. The minimum absolute atomic E-state index is 0.0425. The molecular weight excluding hydrogens is 518 g/mol. The van der Waals surface area contributed by atoms with Gasteiger partial charge in [-0.05, 0) is 24.8 Å². The number of likely N-dealkylation sites (tertiary alicyclic amines) is 1. The number of rotatable bonds is 10. The Balaban J connectivity index is 1.71. The summed E-state index contributed by atoms with van der Waals surface area (Å²) >= 11 is 5.37. The molecule has 1 aromatic rings. The molecule has 7 atom stereocenters. The Kier molecular flexibility index (Phi) is 7.94. The van der Waals surface area contributed by atoms with Crippen molar-refractivity contribution in [3.05, 3.63) is 35.9 Å². The number of carbonyl (C=O) groups excluding carboxylic acids is 3. The van der Waals surface area contributed by atoms with Crippen LogP contribution in [0.5, 0.6) is 0 Å². The number of unbranched alkanes of at least 4 members (excludes halogenated alkanes) is 2. The number of fused-ring (bicyclic) bond motifs is 1. The van der Waals surface area contributed by atoms with Gasteiger partial charge in [0.1, 0.15) is 6.04 Å². The van der Waals surface area contributed by atoms with Crippen LogP contribution in [-0.4, -0.2) is 74.8 Å². The molecule has 0 saturated carbocycles. The summed E-state index contributed by atoms with van der Waals surface area (Å²) in [6.45, 7) is 2.42. The Hall–Kier alpha value is -1.58. The minimum atomic E-state index is -0.725. The van der Waals surface area contributed by atoms with Gasteiger partial charge in [0.15, 0.2) is 0 Å². The van der Waals surface area contributed by atoms with Crippen LogP contribution in [0.25, 0.3) is 0 Å². The summed E-state index contributed by atoms with van der Waals surface area (Å²) in [5.74, 6) is -1.60. The van der Waals surface area contributed by atoms with Crippen molar-refractivity contribution >= 4 is 45.4 Å². The molecule has 3 aliphatic rings. The van der Waals surface area contributed by atoms with Gasteiger partial charge in [0.2, 0.25) is 17.7 Å². The largest absolute Gasteiger partial charge is 0.394 e. The second-order valence-corrected chi connectivity index (χ2v) is 12.3. The Morgan fingerprint density at radius 3 is 2.65 bits per heavy atom. The normalized spacial score (nSPS) is 32.5. The number of thioether (sulfide) groups is 1. The highest BCUT2D eigenvalue weighted by molar-refractivity contribution is 9.09. The highest BCUT2D eigenvalue weighted by atomic mass is 79.9. The van der Waals surface area contributed by atoms with E-state index in [1.54, 1.807) is 23.7 Å². The number of aliphatic hydroxyl groups is 1. The third kappa shape index (κ3) is 4.28. The molecular formula is C25H34BrN3O4S. The van der Waals surface area contributed by atoms with Crippen LogP contribution in [0.1, 0.15) is 38.2 Å². The molecule has 186 valence electrons. The monoisotopic (exact) mass is 551 g/mol. The van der Waals surface area contributed by atoms with Gasteiger partial charge in [-0.25, -0.2) is 0 Å². The zero-order valence-electron chi connectivity index (χ0n) is 19.7. The molecule has 3 heterocycles. The number of halogens is 1. The molecule has 4 rings (SSSR count). The Bertz CT molecular complexity index is 919. The van der Waals surface area contributed by atoms with Crippen molar-refractivity contribution in [3.8, 4) is 0 Å². The van der Waals surface area contributed by atoms with Crippen LogP contribution in [0.2, 0.25) is 0 Å². The maximum absolute atomic E-state index is 14.0. The summed E-state index contributed by atoms with van der Waals surface area (Å²) in [5, 5.41) is 16.1. The molecule has 34 heavy (non-hydrogen) atoms. The number of nitrogens with zero attached hydrogens (tertiary/aromatic N) is 1. The van der Waals surface area contributed by atoms with Gasteiger partial charge < -0.3 is 20.6 Å². The lowest BCUT2D eigenvalue weighted by Crippen LogP contribution is -2.57. The topological polar surface area (TPSA) is 98.7 Å². The summed E-state index contributed by atoms with van der Waals surface area (Å²) < 4.78 is -0.688. The summed E-state index contributed by atoms with van der Waals surface area (Å²) in [6.07, 6.45) is 4.04. The fourth-order valence-electron chi connectivity index (χ4n) is 6.05. The Morgan fingerprint density at radius 2 is 2.00 bits per heavy atom.